The van der Waals surface area contributed by atoms with Crippen LogP contribution in [0.15, 0.2) is 127 Å². The highest BCUT2D eigenvalue weighted by Crippen LogP contribution is 2.36. The Balaban J connectivity index is 0.000000261. The minimum absolute atomic E-state index is 0.0376. The third-order valence-corrected chi connectivity index (χ3v) is 11.0. The van der Waals surface area contributed by atoms with Gasteiger partial charge in [0.2, 0.25) is 0 Å². The molecule has 364 valence electrons. The first-order chi connectivity index (χ1) is 32.7. The summed E-state index contributed by atoms with van der Waals surface area (Å²) in [6.07, 6.45) is -12.2. The molecule has 13 heteroatoms. The normalized spacial score (nSPS) is 12.5. The van der Waals surface area contributed by atoms with E-state index in [4.69, 9.17) is 0 Å². The van der Waals surface area contributed by atoms with Crippen molar-refractivity contribution in [1.29, 1.82) is 0 Å². The van der Waals surface area contributed by atoms with Crippen LogP contribution >= 0.6 is 0 Å². The first-order valence-electron chi connectivity index (χ1n) is 22.0. The minimum Gasteiger partial charge on any atom is -0.299 e. The fourth-order valence-corrected chi connectivity index (χ4v) is 7.56. The van der Waals surface area contributed by atoms with Gasteiger partial charge in [-0.05, 0) is 157 Å². The Bertz CT molecular complexity index is 2900. The SMILES string of the molecule is CC(=O)C(CC(C)C)c1cc(C#Cc2cc(F)cc(F)c2)cc(-c2ccc(C(F)(F)F)cc2)c1.CC(=O)C(CC(C)C)c1cc(C#Cc2ccc(C(F)(F)F)cc2)cc(-c2ccc(C(F)(F)F)cc2)c1. The van der Waals surface area contributed by atoms with Gasteiger partial charge in [-0.25, -0.2) is 8.78 Å². The van der Waals surface area contributed by atoms with E-state index in [1.165, 1.54) is 50.2 Å². The lowest BCUT2D eigenvalue weighted by Crippen LogP contribution is -2.12. The number of hydrogen-bond acceptors (Lipinski definition) is 2. The predicted octanol–water partition coefficient (Wildman–Crippen LogP) is 16.3. The third kappa shape index (κ3) is 15.5. The van der Waals surface area contributed by atoms with E-state index in [0.717, 1.165) is 54.6 Å². The van der Waals surface area contributed by atoms with Gasteiger partial charge in [-0.15, -0.1) is 0 Å². The molecule has 2 unspecified atom stereocenters. The van der Waals surface area contributed by atoms with Crippen molar-refractivity contribution in [2.75, 3.05) is 0 Å². The molecule has 0 aromatic heterocycles. The summed E-state index contributed by atoms with van der Waals surface area (Å²) < 4.78 is 143. The lowest BCUT2D eigenvalue weighted by molar-refractivity contribution is -0.138. The summed E-state index contributed by atoms with van der Waals surface area (Å²) in [7, 11) is 0. The Morgan fingerprint density at radius 1 is 0.400 bits per heavy atom. The molecule has 6 aromatic rings. The number of alkyl halides is 9. The first-order valence-corrected chi connectivity index (χ1v) is 22.0. The van der Waals surface area contributed by atoms with Gasteiger partial charge in [0.1, 0.15) is 23.2 Å². The van der Waals surface area contributed by atoms with E-state index in [0.29, 0.717) is 62.9 Å². The van der Waals surface area contributed by atoms with Gasteiger partial charge in [-0.3, -0.25) is 9.59 Å². The van der Waals surface area contributed by atoms with Gasteiger partial charge in [-0.2, -0.15) is 39.5 Å². The van der Waals surface area contributed by atoms with Crippen LogP contribution in [0.3, 0.4) is 0 Å². The van der Waals surface area contributed by atoms with Gasteiger partial charge in [-0.1, -0.05) is 87.8 Å². The minimum atomic E-state index is -4.46. The van der Waals surface area contributed by atoms with Gasteiger partial charge in [0.05, 0.1) is 16.7 Å². The predicted molar refractivity (Wildman–Crippen MR) is 249 cm³/mol. The summed E-state index contributed by atoms with van der Waals surface area (Å²) in [4.78, 5) is 24.8. The average molecular weight is 973 g/mol. The molecule has 70 heavy (non-hydrogen) atoms. The summed E-state index contributed by atoms with van der Waals surface area (Å²) in [5.74, 6) is 9.38. The van der Waals surface area contributed by atoms with E-state index in [2.05, 4.69) is 23.7 Å². The Hall–Kier alpha value is -6.99. The van der Waals surface area contributed by atoms with Crippen molar-refractivity contribution in [2.45, 2.75) is 84.7 Å². The lowest BCUT2D eigenvalue weighted by atomic mass is 9.85. The van der Waals surface area contributed by atoms with Gasteiger partial charge < -0.3 is 0 Å². The molecule has 6 rings (SSSR count). The van der Waals surface area contributed by atoms with Crippen molar-refractivity contribution in [3.8, 4) is 45.9 Å². The maximum atomic E-state index is 13.5. The first kappa shape index (κ1) is 54.0. The van der Waals surface area contributed by atoms with Gasteiger partial charge in [0.25, 0.3) is 0 Å². The van der Waals surface area contributed by atoms with Crippen molar-refractivity contribution in [3.05, 3.63) is 189 Å². The standard InChI is InChI=1S/C29H24F6O.C28H23F5O/c1-18(2)14-27(19(3)36)24-16-21(5-4-20-6-10-25(11-7-20)28(30,31)32)15-23(17-24)22-8-12-26(13-9-22)29(33,34)35;1-17(2)10-27(18(3)34)23-12-19(4-5-20-13-25(29)16-26(30)14-20)11-22(15-23)21-6-8-24(9-7-21)28(31,32)33/h6-13,15-18,27H,14H2,1-3H3;6-9,11-17,27H,10H2,1-3H3. The third-order valence-electron chi connectivity index (χ3n) is 11.0. The van der Waals surface area contributed by atoms with Crippen LogP contribution in [0.4, 0.5) is 48.3 Å². The molecule has 0 N–H and O–H groups in total. The highest BCUT2D eigenvalue weighted by Gasteiger charge is 2.32. The second-order valence-electron chi connectivity index (χ2n) is 17.7. The number of carbonyl (C=O) groups is 2. The van der Waals surface area contributed by atoms with E-state index in [9.17, 15) is 57.9 Å². The summed E-state index contributed by atoms with van der Waals surface area (Å²) in [5, 5.41) is 0. The Morgan fingerprint density at radius 3 is 1.00 bits per heavy atom. The highest BCUT2D eigenvalue weighted by molar-refractivity contribution is 5.85. The van der Waals surface area contributed by atoms with E-state index < -0.39 is 58.7 Å². The smallest absolute Gasteiger partial charge is 0.299 e. The van der Waals surface area contributed by atoms with E-state index >= 15 is 0 Å². The molecule has 0 aliphatic carbocycles. The molecule has 0 amide bonds. The van der Waals surface area contributed by atoms with Crippen LogP contribution < -0.4 is 0 Å². The fourth-order valence-electron chi connectivity index (χ4n) is 7.56. The molecule has 0 aliphatic rings. The van der Waals surface area contributed by atoms with Crippen molar-refractivity contribution in [2.24, 2.45) is 11.8 Å². The van der Waals surface area contributed by atoms with Crippen LogP contribution in [-0.4, -0.2) is 11.6 Å². The summed E-state index contributed by atoms with van der Waals surface area (Å²) in [6, 6.07) is 27.3. The van der Waals surface area contributed by atoms with Crippen LogP contribution in [0.5, 0.6) is 0 Å². The van der Waals surface area contributed by atoms with Crippen molar-refractivity contribution in [1.82, 2.24) is 0 Å². The average Bonchev–Trinajstić information content (AvgIpc) is 3.27. The summed E-state index contributed by atoms with van der Waals surface area (Å²) in [5.41, 5.74) is 2.78. The Labute approximate surface area is 400 Å². The van der Waals surface area contributed by atoms with E-state index in [-0.39, 0.29) is 29.0 Å². The van der Waals surface area contributed by atoms with Gasteiger partial charge in [0, 0.05) is 40.2 Å². The Kier molecular flexibility index (Phi) is 17.4. The number of ketones is 2. The molecule has 0 saturated carbocycles. The fraction of sp³-hybridized carbons (Fsp3) is 0.263. The quantitative estimate of drug-likeness (QED) is 0.101. The molecule has 0 saturated heterocycles. The number of rotatable bonds is 10. The molecular formula is C57H47F11O2. The topological polar surface area (TPSA) is 34.1 Å². The largest absolute Gasteiger partial charge is 0.416 e. The van der Waals surface area contributed by atoms with Gasteiger partial charge in [0.15, 0.2) is 0 Å². The Morgan fingerprint density at radius 2 is 0.700 bits per heavy atom. The number of hydrogen-bond donors (Lipinski definition) is 0. The maximum absolute atomic E-state index is 13.5. The molecule has 0 bridgehead atoms. The van der Waals surface area contributed by atoms with Crippen LogP contribution in [0, 0.1) is 47.2 Å². The van der Waals surface area contributed by atoms with Crippen molar-refractivity contribution >= 4 is 11.6 Å². The molecule has 0 heterocycles. The molecule has 2 nitrogen and oxygen atoms in total. The summed E-state index contributed by atoms with van der Waals surface area (Å²) in [6.45, 7) is 11.0. The number of benzene rings is 6. The van der Waals surface area contributed by atoms with E-state index in [1.54, 1.807) is 36.4 Å². The lowest BCUT2D eigenvalue weighted by Gasteiger charge is -2.18. The zero-order chi connectivity index (χ0) is 51.7. The molecule has 0 fully saturated rings. The molecule has 0 spiro atoms. The van der Waals surface area contributed by atoms with Crippen LogP contribution in [-0.2, 0) is 28.1 Å². The van der Waals surface area contributed by atoms with Crippen LogP contribution in [0.1, 0.15) is 116 Å². The molecule has 6 aromatic carbocycles. The number of halogens is 11. The molecule has 0 aliphatic heterocycles. The van der Waals surface area contributed by atoms with Crippen molar-refractivity contribution < 1.29 is 57.9 Å². The van der Waals surface area contributed by atoms with Crippen LogP contribution in [0.2, 0.25) is 0 Å². The zero-order valence-electron chi connectivity index (χ0n) is 38.8. The zero-order valence-corrected chi connectivity index (χ0v) is 38.8. The van der Waals surface area contributed by atoms with Gasteiger partial charge >= 0.3 is 18.5 Å². The molecular weight excluding hydrogens is 926 g/mol. The monoisotopic (exact) mass is 972 g/mol. The number of carbonyl (C=O) groups excluding carboxylic acids is 2. The molecule has 2 atom stereocenters. The highest BCUT2D eigenvalue weighted by atomic mass is 19.4. The van der Waals surface area contributed by atoms with E-state index in [1.807, 2.05) is 27.7 Å². The second-order valence-corrected chi connectivity index (χ2v) is 17.7. The maximum Gasteiger partial charge on any atom is 0.416 e. The molecule has 0 radical (unpaired) electrons. The van der Waals surface area contributed by atoms with Crippen molar-refractivity contribution in [3.63, 3.8) is 0 Å². The second kappa shape index (κ2) is 22.6. The van der Waals surface area contributed by atoms with Crippen LogP contribution in [0.25, 0.3) is 22.3 Å². The number of Topliss-reactive ketones (excluding diaryl/α,β-unsaturated/α-hetero) is 2. The summed E-state index contributed by atoms with van der Waals surface area (Å²) >= 11 is 0.